The Kier molecular flexibility index (Phi) is 6.08. The summed E-state index contributed by atoms with van der Waals surface area (Å²) in [6.07, 6.45) is 0. The quantitative estimate of drug-likeness (QED) is 0.571. The lowest BCUT2D eigenvalue weighted by molar-refractivity contribution is -0.151. The van der Waals surface area contributed by atoms with Crippen LogP contribution in [0.3, 0.4) is 0 Å². The van der Waals surface area contributed by atoms with Crippen LogP contribution in [0.15, 0.2) is 36.5 Å². The minimum Gasteiger partial charge on any atom is -0.429 e. The lowest BCUT2D eigenvalue weighted by atomic mass is 10.4. The standard InChI is InChI=1S/C12H16O7Si/c1-7(2)10(13)17-20(16,18-11(14)8(3)4)19-12(15)9(5)6/h16H,1,3,5H2,2,4,6H3. The van der Waals surface area contributed by atoms with E-state index in [9.17, 15) is 19.2 Å². The van der Waals surface area contributed by atoms with E-state index >= 15 is 0 Å². The lowest BCUT2D eigenvalue weighted by Gasteiger charge is -2.21. The van der Waals surface area contributed by atoms with Gasteiger partial charge in [0, 0.05) is 16.7 Å². The molecule has 0 bridgehead atoms. The van der Waals surface area contributed by atoms with Crippen LogP contribution in [0.1, 0.15) is 20.8 Å². The smallest absolute Gasteiger partial charge is 0.429 e. The molecule has 0 spiro atoms. The Labute approximate surface area is 117 Å². The third kappa shape index (κ3) is 5.63. The molecule has 1 N–H and O–H groups in total. The van der Waals surface area contributed by atoms with Gasteiger partial charge in [-0.1, -0.05) is 19.7 Å². The summed E-state index contributed by atoms with van der Waals surface area (Å²) in [5.41, 5.74) is -0.226. The maximum absolute atomic E-state index is 11.4. The molecule has 0 fully saturated rings. The second kappa shape index (κ2) is 6.82. The summed E-state index contributed by atoms with van der Waals surface area (Å²) >= 11 is 0. The highest BCUT2D eigenvalue weighted by molar-refractivity contribution is 6.58. The summed E-state index contributed by atoms with van der Waals surface area (Å²) in [6, 6.07) is 0. The van der Waals surface area contributed by atoms with Crippen LogP contribution < -0.4 is 0 Å². The van der Waals surface area contributed by atoms with Crippen molar-refractivity contribution in [2.24, 2.45) is 0 Å². The lowest BCUT2D eigenvalue weighted by Crippen LogP contribution is -2.51. The van der Waals surface area contributed by atoms with Gasteiger partial charge in [0.2, 0.25) is 0 Å². The van der Waals surface area contributed by atoms with Gasteiger partial charge in [-0.2, -0.15) is 0 Å². The molecule has 0 aromatic heterocycles. The molecule has 0 atom stereocenters. The molecule has 0 aromatic rings. The van der Waals surface area contributed by atoms with Crippen molar-refractivity contribution < 1.29 is 32.5 Å². The molecule has 0 aliphatic carbocycles. The molecule has 0 aliphatic heterocycles. The molecular formula is C12H16O7Si. The van der Waals surface area contributed by atoms with Crippen LogP contribution in [0.4, 0.5) is 0 Å². The number of carbonyl (C=O) groups is 3. The van der Waals surface area contributed by atoms with Crippen LogP contribution in [0, 0.1) is 0 Å². The van der Waals surface area contributed by atoms with Gasteiger partial charge in [0.1, 0.15) is 0 Å². The Morgan fingerprint density at radius 2 is 0.950 bits per heavy atom. The topological polar surface area (TPSA) is 99.1 Å². The fourth-order valence-corrected chi connectivity index (χ4v) is 2.03. The number of rotatable bonds is 6. The summed E-state index contributed by atoms with van der Waals surface area (Å²) in [6.45, 7) is 13.8. The second-order valence-electron chi connectivity index (χ2n) is 4.03. The maximum atomic E-state index is 11.4. The van der Waals surface area contributed by atoms with E-state index in [1.807, 2.05) is 0 Å². The molecule has 0 unspecified atom stereocenters. The summed E-state index contributed by atoms with van der Waals surface area (Å²) in [5.74, 6) is -3.20. The zero-order chi connectivity index (χ0) is 16.1. The molecule has 8 heteroatoms. The highest BCUT2D eigenvalue weighted by atomic mass is 28.4. The first-order valence-corrected chi connectivity index (χ1v) is 7.04. The van der Waals surface area contributed by atoms with Crippen molar-refractivity contribution in [2.45, 2.75) is 20.8 Å². The summed E-state index contributed by atoms with van der Waals surface area (Å²) in [7, 11) is -4.86. The molecule has 20 heavy (non-hydrogen) atoms. The maximum Gasteiger partial charge on any atom is 0.897 e. The van der Waals surface area contributed by atoms with Crippen molar-refractivity contribution >= 4 is 27.0 Å². The predicted octanol–water partition coefficient (Wildman–Crippen LogP) is 0.772. The van der Waals surface area contributed by atoms with E-state index in [1.165, 1.54) is 20.8 Å². The van der Waals surface area contributed by atoms with Crippen LogP contribution in [0.25, 0.3) is 0 Å². The summed E-state index contributed by atoms with van der Waals surface area (Å²) in [5, 5.41) is 0. The average molecular weight is 300 g/mol. The van der Waals surface area contributed by atoms with Crippen molar-refractivity contribution in [1.82, 2.24) is 0 Å². The van der Waals surface area contributed by atoms with Gasteiger partial charge in [0.05, 0.1) is 0 Å². The summed E-state index contributed by atoms with van der Waals surface area (Å²) in [4.78, 5) is 44.1. The van der Waals surface area contributed by atoms with Crippen molar-refractivity contribution in [3.63, 3.8) is 0 Å². The Bertz CT molecular complexity index is 423. The van der Waals surface area contributed by atoms with E-state index in [-0.39, 0.29) is 16.7 Å². The van der Waals surface area contributed by atoms with Crippen LogP contribution in [0.2, 0.25) is 0 Å². The minimum absolute atomic E-state index is 0.0753. The van der Waals surface area contributed by atoms with E-state index in [4.69, 9.17) is 0 Å². The fraction of sp³-hybridized carbons (Fsp3) is 0.250. The highest BCUT2D eigenvalue weighted by Gasteiger charge is 2.55. The fourth-order valence-electron chi connectivity index (χ4n) is 0.675. The van der Waals surface area contributed by atoms with Gasteiger partial charge >= 0.3 is 27.0 Å². The first-order chi connectivity index (χ1) is 8.98. The largest absolute Gasteiger partial charge is 0.897 e. The van der Waals surface area contributed by atoms with Crippen molar-refractivity contribution in [2.75, 3.05) is 0 Å². The molecule has 0 aliphatic rings. The molecule has 0 heterocycles. The number of hydrogen-bond acceptors (Lipinski definition) is 7. The molecule has 0 rings (SSSR count). The molecule has 0 saturated heterocycles. The normalized spacial score (nSPS) is 10.2. The van der Waals surface area contributed by atoms with Crippen molar-refractivity contribution in [3.05, 3.63) is 36.5 Å². The Morgan fingerprint density at radius 1 is 0.750 bits per heavy atom. The molecule has 0 saturated carbocycles. The summed E-state index contributed by atoms with van der Waals surface area (Å²) < 4.78 is 13.6. The van der Waals surface area contributed by atoms with Crippen molar-refractivity contribution in [3.8, 4) is 0 Å². The van der Waals surface area contributed by atoms with Gasteiger partial charge in [-0.15, -0.1) is 0 Å². The van der Waals surface area contributed by atoms with Crippen LogP contribution >= 0.6 is 0 Å². The van der Waals surface area contributed by atoms with E-state index in [0.29, 0.717) is 0 Å². The van der Waals surface area contributed by atoms with Gasteiger partial charge in [-0.25, -0.2) is 14.4 Å². The first-order valence-electron chi connectivity index (χ1n) is 5.37. The van der Waals surface area contributed by atoms with E-state index in [2.05, 4.69) is 33.0 Å². The third-order valence-electron chi connectivity index (χ3n) is 1.71. The number of hydrogen-bond donors (Lipinski definition) is 1. The SMILES string of the molecule is C=C(C)C(=O)O[Si](O)(OC(=O)C(=C)C)OC(=O)C(=C)C. The van der Waals surface area contributed by atoms with Crippen LogP contribution in [-0.2, 0) is 27.7 Å². The van der Waals surface area contributed by atoms with E-state index in [0.717, 1.165) is 0 Å². The minimum atomic E-state index is -4.86. The highest BCUT2D eigenvalue weighted by Crippen LogP contribution is 2.13. The molecular weight excluding hydrogens is 284 g/mol. The second-order valence-corrected chi connectivity index (χ2v) is 5.69. The predicted molar refractivity (Wildman–Crippen MR) is 70.7 cm³/mol. The zero-order valence-corrected chi connectivity index (χ0v) is 12.5. The Balaban J connectivity index is 5.21. The molecule has 0 amide bonds. The third-order valence-corrected chi connectivity index (χ3v) is 3.04. The van der Waals surface area contributed by atoms with Gasteiger partial charge in [-0.3, -0.25) is 0 Å². The van der Waals surface area contributed by atoms with Gasteiger partial charge in [0.15, 0.2) is 0 Å². The van der Waals surface area contributed by atoms with Crippen LogP contribution in [0.5, 0.6) is 0 Å². The van der Waals surface area contributed by atoms with Crippen molar-refractivity contribution in [1.29, 1.82) is 0 Å². The Morgan fingerprint density at radius 3 is 1.10 bits per heavy atom. The molecule has 0 radical (unpaired) electrons. The van der Waals surface area contributed by atoms with E-state index in [1.54, 1.807) is 0 Å². The van der Waals surface area contributed by atoms with Gasteiger partial charge in [0.25, 0.3) is 0 Å². The molecule has 7 nitrogen and oxygen atoms in total. The molecule has 0 aromatic carbocycles. The first kappa shape index (κ1) is 17.8. The van der Waals surface area contributed by atoms with Crippen LogP contribution in [-0.4, -0.2) is 31.8 Å². The van der Waals surface area contributed by atoms with Gasteiger partial charge < -0.3 is 18.1 Å². The number of carbonyl (C=O) groups excluding carboxylic acids is 3. The monoisotopic (exact) mass is 300 g/mol. The van der Waals surface area contributed by atoms with E-state index < -0.39 is 27.0 Å². The Hall–Kier alpha value is -2.19. The average Bonchev–Trinajstić information content (AvgIpc) is 2.27. The zero-order valence-electron chi connectivity index (χ0n) is 11.5. The molecule has 110 valence electrons. The van der Waals surface area contributed by atoms with Gasteiger partial charge in [-0.05, 0) is 20.8 Å².